The van der Waals surface area contributed by atoms with Crippen LogP contribution in [0.5, 0.6) is 0 Å². The van der Waals surface area contributed by atoms with Crippen LogP contribution in [0.15, 0.2) is 47.1 Å². The number of hydrogen-bond acceptors (Lipinski definition) is 4. The molecule has 1 saturated heterocycles. The van der Waals surface area contributed by atoms with E-state index in [2.05, 4.69) is 36.1 Å². The summed E-state index contributed by atoms with van der Waals surface area (Å²) in [6.45, 7) is 4.06. The van der Waals surface area contributed by atoms with Crippen molar-refractivity contribution in [3.63, 3.8) is 0 Å². The highest BCUT2D eigenvalue weighted by molar-refractivity contribution is 7.85. The fraction of sp³-hybridized carbons (Fsp3) is 0.607. The van der Waals surface area contributed by atoms with Gasteiger partial charge in [-0.2, -0.15) is 0 Å². The van der Waals surface area contributed by atoms with Crippen molar-refractivity contribution < 1.29 is 14.1 Å². The van der Waals surface area contributed by atoms with Crippen molar-refractivity contribution >= 4 is 22.3 Å². The van der Waals surface area contributed by atoms with Gasteiger partial charge in [-0.05, 0) is 90.7 Å². The van der Waals surface area contributed by atoms with Crippen LogP contribution in [0.1, 0.15) is 63.4 Å². The average molecular weight is 466 g/mol. The molecule has 4 aliphatic carbocycles. The summed E-state index contributed by atoms with van der Waals surface area (Å²) in [7, 11) is -0.666. The van der Waals surface area contributed by atoms with Gasteiger partial charge in [0.2, 0.25) is 0 Å². The molecule has 5 atom stereocenters. The van der Waals surface area contributed by atoms with Crippen molar-refractivity contribution in [1.29, 1.82) is 0 Å². The maximum atomic E-state index is 12.2. The van der Waals surface area contributed by atoms with Gasteiger partial charge < -0.3 is 10.0 Å². The van der Waals surface area contributed by atoms with E-state index in [-0.39, 0.29) is 17.3 Å². The van der Waals surface area contributed by atoms with E-state index >= 15 is 0 Å². The number of ketones is 1. The molecule has 5 aliphatic rings. The first-order chi connectivity index (χ1) is 15.9. The Kier molecular flexibility index (Phi) is 5.41. The summed E-state index contributed by atoms with van der Waals surface area (Å²) in [5.74, 6) is 3.20. The monoisotopic (exact) mass is 465 g/mol. The Balaban J connectivity index is 1.39. The number of carbonyl (C=O) groups is 1. The highest BCUT2D eigenvalue weighted by Gasteiger charge is 2.56. The van der Waals surface area contributed by atoms with Crippen LogP contribution < -0.4 is 4.90 Å². The average Bonchev–Trinajstić information content (AvgIpc) is 3.13. The summed E-state index contributed by atoms with van der Waals surface area (Å²) in [5, 5.41) is 11.0. The Morgan fingerprint density at radius 3 is 2.55 bits per heavy atom. The molecule has 4 nitrogen and oxygen atoms in total. The second-order valence-corrected chi connectivity index (χ2v) is 12.8. The van der Waals surface area contributed by atoms with E-state index in [9.17, 15) is 14.1 Å². The molecule has 1 aromatic rings. The normalized spacial score (nSPS) is 36.8. The van der Waals surface area contributed by atoms with Crippen LogP contribution in [0.2, 0.25) is 0 Å². The van der Waals surface area contributed by atoms with Crippen LogP contribution in [-0.2, 0) is 15.6 Å². The number of rotatable bonds is 2. The molecule has 3 fully saturated rings. The molecule has 1 N–H and O–H groups in total. The topological polar surface area (TPSA) is 57.6 Å². The molecular formula is C28H35NO3S. The number of anilines is 1. The Labute approximate surface area is 199 Å². The minimum Gasteiger partial charge on any atom is -0.393 e. The zero-order valence-corrected chi connectivity index (χ0v) is 20.4. The quantitative estimate of drug-likeness (QED) is 0.698. The molecule has 1 heterocycles. The van der Waals surface area contributed by atoms with Crippen LogP contribution in [0, 0.1) is 17.3 Å². The number of carbonyl (C=O) groups excluding carboxylic acids is 1. The number of fused-ring (bicyclic) bond motifs is 4. The van der Waals surface area contributed by atoms with Gasteiger partial charge in [0.15, 0.2) is 5.78 Å². The first-order valence-corrected chi connectivity index (χ1v) is 14.3. The molecule has 0 bridgehead atoms. The van der Waals surface area contributed by atoms with Gasteiger partial charge in [0, 0.05) is 53.4 Å². The maximum Gasteiger partial charge on any atom is 0.156 e. The molecule has 0 radical (unpaired) electrons. The maximum absolute atomic E-state index is 12.2. The second-order valence-electron chi connectivity index (χ2n) is 11.1. The molecule has 2 saturated carbocycles. The number of allylic oxidation sites excluding steroid dienone is 4. The van der Waals surface area contributed by atoms with E-state index in [4.69, 9.17) is 0 Å². The lowest BCUT2D eigenvalue weighted by Gasteiger charge is -2.52. The summed E-state index contributed by atoms with van der Waals surface area (Å²) in [5.41, 5.74) is 6.91. The second kappa shape index (κ2) is 8.20. The lowest BCUT2D eigenvalue weighted by molar-refractivity contribution is -0.114. The van der Waals surface area contributed by atoms with E-state index in [0.717, 1.165) is 63.1 Å². The fourth-order valence-electron chi connectivity index (χ4n) is 7.75. The number of aliphatic hydroxyl groups is 1. The van der Waals surface area contributed by atoms with Crippen molar-refractivity contribution in [2.75, 3.05) is 29.5 Å². The number of aliphatic hydroxyl groups excluding tert-OH is 1. The van der Waals surface area contributed by atoms with Gasteiger partial charge >= 0.3 is 0 Å². The molecule has 5 heteroatoms. The smallest absolute Gasteiger partial charge is 0.156 e. The molecular weight excluding hydrogens is 430 g/mol. The minimum absolute atomic E-state index is 0.0271. The third-order valence-corrected chi connectivity index (χ3v) is 10.8. The molecule has 1 aliphatic heterocycles. The summed E-state index contributed by atoms with van der Waals surface area (Å²) in [4.78, 5) is 14.5. The van der Waals surface area contributed by atoms with Crippen LogP contribution in [0.25, 0.3) is 0 Å². The Morgan fingerprint density at radius 2 is 1.79 bits per heavy atom. The van der Waals surface area contributed by atoms with Gasteiger partial charge in [-0.1, -0.05) is 24.6 Å². The van der Waals surface area contributed by atoms with E-state index in [1.54, 1.807) is 5.57 Å². The minimum atomic E-state index is -0.666. The largest absolute Gasteiger partial charge is 0.393 e. The molecule has 176 valence electrons. The molecule has 6 rings (SSSR count). The zero-order chi connectivity index (χ0) is 22.7. The van der Waals surface area contributed by atoms with E-state index in [0.29, 0.717) is 24.2 Å². The van der Waals surface area contributed by atoms with Gasteiger partial charge in [0.25, 0.3) is 0 Å². The van der Waals surface area contributed by atoms with Crippen molar-refractivity contribution in [2.45, 2.75) is 63.9 Å². The molecule has 0 amide bonds. The first kappa shape index (κ1) is 21.8. The predicted octanol–water partition coefficient (Wildman–Crippen LogP) is 4.52. The van der Waals surface area contributed by atoms with Crippen LogP contribution in [0.4, 0.5) is 5.69 Å². The summed E-state index contributed by atoms with van der Waals surface area (Å²) < 4.78 is 11.8. The lowest BCUT2D eigenvalue weighted by atomic mass is 9.53. The highest BCUT2D eigenvalue weighted by atomic mass is 32.2. The van der Waals surface area contributed by atoms with Crippen molar-refractivity contribution in [1.82, 2.24) is 0 Å². The lowest BCUT2D eigenvalue weighted by Crippen LogP contribution is -2.45. The van der Waals surface area contributed by atoms with Crippen molar-refractivity contribution in [3.8, 4) is 0 Å². The first-order valence-electron chi connectivity index (χ1n) is 12.8. The van der Waals surface area contributed by atoms with Gasteiger partial charge in [0.1, 0.15) is 0 Å². The molecule has 1 aromatic carbocycles. The van der Waals surface area contributed by atoms with E-state index in [1.165, 1.54) is 22.4 Å². The van der Waals surface area contributed by atoms with Gasteiger partial charge in [-0.25, -0.2) is 0 Å². The van der Waals surface area contributed by atoms with Crippen LogP contribution in [-0.4, -0.2) is 45.8 Å². The third-order valence-electron chi connectivity index (χ3n) is 9.52. The third kappa shape index (κ3) is 3.58. The van der Waals surface area contributed by atoms with Gasteiger partial charge in [0.05, 0.1) is 6.10 Å². The molecule has 5 unspecified atom stereocenters. The van der Waals surface area contributed by atoms with Crippen molar-refractivity contribution in [2.24, 2.45) is 17.3 Å². The van der Waals surface area contributed by atoms with E-state index in [1.807, 2.05) is 6.08 Å². The predicted molar refractivity (Wildman–Crippen MR) is 133 cm³/mol. The number of benzene rings is 1. The SMILES string of the molecule is CC12CC(c3ccc(N4CCS(=O)CC4)cc3)C3=C4CCC(=O)C=C4CCC3C1CCC2O. The summed E-state index contributed by atoms with van der Waals surface area (Å²) in [6.07, 6.45) is 8.42. The fourth-order valence-corrected chi connectivity index (χ4v) is 8.80. The molecule has 0 spiro atoms. The van der Waals surface area contributed by atoms with Gasteiger partial charge in [-0.15, -0.1) is 0 Å². The summed E-state index contributed by atoms with van der Waals surface area (Å²) in [6, 6.07) is 9.08. The van der Waals surface area contributed by atoms with Gasteiger partial charge in [-0.3, -0.25) is 9.00 Å². The number of nitrogens with zero attached hydrogens (tertiary/aromatic N) is 1. The zero-order valence-electron chi connectivity index (χ0n) is 19.6. The van der Waals surface area contributed by atoms with Crippen LogP contribution >= 0.6 is 0 Å². The standard InChI is InChI=1S/C28H35NO3S/c1-28-17-24(18-2-5-20(6-3-18)29-12-14-33(32)15-13-29)27-22-9-7-21(30)16-19(22)4-8-23(27)25(28)10-11-26(28)31/h2-3,5-6,16,23-26,31H,4,7-15,17H2,1H3. The molecule has 0 aromatic heterocycles. The van der Waals surface area contributed by atoms with Crippen molar-refractivity contribution in [3.05, 3.63) is 52.6 Å². The highest BCUT2D eigenvalue weighted by Crippen LogP contribution is 2.63. The Bertz CT molecular complexity index is 1050. The summed E-state index contributed by atoms with van der Waals surface area (Å²) >= 11 is 0. The van der Waals surface area contributed by atoms with Crippen LogP contribution in [0.3, 0.4) is 0 Å². The number of hydrogen-bond donors (Lipinski definition) is 1. The molecule has 33 heavy (non-hydrogen) atoms. The Hall–Kier alpha value is -1.72. The Morgan fingerprint density at radius 1 is 1.03 bits per heavy atom. The van der Waals surface area contributed by atoms with E-state index < -0.39 is 10.8 Å².